The zero-order chi connectivity index (χ0) is 37.3. The van der Waals surface area contributed by atoms with Crippen LogP contribution in [0.3, 0.4) is 0 Å². The minimum absolute atomic E-state index is 0.818. The average molecular weight is 720 g/mol. The zero-order valence-electron chi connectivity index (χ0n) is 30.6. The van der Waals surface area contributed by atoms with Crippen LogP contribution in [0.4, 0.5) is 51.2 Å². The second-order valence-electron chi connectivity index (χ2n) is 13.8. The summed E-state index contributed by atoms with van der Waals surface area (Å²) in [5.41, 5.74) is 11.1. The Morgan fingerprint density at radius 1 is 0.286 bits per heavy atom. The highest BCUT2D eigenvalue weighted by molar-refractivity contribution is 6.22. The van der Waals surface area contributed by atoms with E-state index in [1.807, 2.05) is 0 Å². The molecule has 0 aliphatic carbocycles. The quantitative estimate of drug-likeness (QED) is 0.148. The molecule has 4 nitrogen and oxygen atoms in total. The fourth-order valence-electron chi connectivity index (χ4n) is 7.87. The summed E-state index contributed by atoms with van der Waals surface area (Å²) < 4.78 is 7.06. The number of anilines is 9. The van der Waals surface area contributed by atoms with Gasteiger partial charge in [0.25, 0.3) is 0 Å². The summed E-state index contributed by atoms with van der Waals surface area (Å²) >= 11 is 0. The number of para-hydroxylation sites is 6. The third-order valence-electron chi connectivity index (χ3n) is 10.3. The summed E-state index contributed by atoms with van der Waals surface area (Å²) in [6.45, 7) is 0. The molecule has 0 spiro atoms. The number of fused-ring (bicyclic) bond motifs is 5. The summed E-state index contributed by atoms with van der Waals surface area (Å²) in [4.78, 5) is 6.96. The van der Waals surface area contributed by atoms with Crippen molar-refractivity contribution in [3.8, 4) is 0 Å². The molecule has 0 unspecified atom stereocenters. The first-order valence-electron chi connectivity index (χ1n) is 18.9. The van der Waals surface area contributed by atoms with Gasteiger partial charge in [-0.1, -0.05) is 121 Å². The number of hydrogen-bond donors (Lipinski definition) is 0. The molecule has 1 aromatic heterocycles. The Kier molecular flexibility index (Phi) is 8.47. The van der Waals surface area contributed by atoms with Gasteiger partial charge in [0, 0.05) is 56.3 Å². The number of nitrogens with zero attached hydrogens (tertiary/aromatic N) is 3. The molecule has 0 aliphatic heterocycles. The summed E-state index contributed by atoms with van der Waals surface area (Å²) in [6.07, 6.45) is 0. The van der Waals surface area contributed by atoms with Crippen LogP contribution < -0.4 is 14.7 Å². The minimum atomic E-state index is 0.818. The number of hydrogen-bond acceptors (Lipinski definition) is 4. The van der Waals surface area contributed by atoms with Crippen LogP contribution in [0.15, 0.2) is 229 Å². The Morgan fingerprint density at radius 3 is 1.11 bits per heavy atom. The van der Waals surface area contributed by atoms with Crippen molar-refractivity contribution in [1.29, 1.82) is 0 Å². The van der Waals surface area contributed by atoms with Crippen molar-refractivity contribution in [2.75, 3.05) is 14.7 Å². The van der Waals surface area contributed by atoms with Gasteiger partial charge in [0.15, 0.2) is 5.58 Å². The highest BCUT2D eigenvalue weighted by Gasteiger charge is 2.25. The van der Waals surface area contributed by atoms with Gasteiger partial charge in [-0.3, -0.25) is 0 Å². The summed E-state index contributed by atoms with van der Waals surface area (Å²) in [5, 5.41) is 4.37. The predicted octanol–water partition coefficient (Wildman–Crippen LogP) is 15.1. The van der Waals surface area contributed by atoms with Gasteiger partial charge in [-0.05, 0) is 114 Å². The lowest BCUT2D eigenvalue weighted by Gasteiger charge is -2.29. The molecule has 9 aromatic carbocycles. The maximum absolute atomic E-state index is 7.06. The van der Waals surface area contributed by atoms with Crippen LogP contribution in [0.25, 0.3) is 32.7 Å². The molecule has 0 bridgehead atoms. The highest BCUT2D eigenvalue weighted by atomic mass is 16.3. The van der Waals surface area contributed by atoms with Crippen molar-refractivity contribution in [2.24, 2.45) is 0 Å². The van der Waals surface area contributed by atoms with Gasteiger partial charge in [0.1, 0.15) is 5.58 Å². The molecule has 0 fully saturated rings. The SMILES string of the molecule is c1ccc(N(c2ccccc2)c2ccc3ccc4oc5c(N(c6ccccc6)c6ccccc6)cc(N(c6ccccc6)c6ccccc6)cc5c4c3c2)cc1. The molecule has 0 aliphatic rings. The normalized spacial score (nSPS) is 11.2. The molecule has 0 amide bonds. The van der Waals surface area contributed by atoms with E-state index in [0.29, 0.717) is 0 Å². The van der Waals surface area contributed by atoms with Crippen molar-refractivity contribution in [2.45, 2.75) is 0 Å². The lowest BCUT2D eigenvalue weighted by atomic mass is 10.0. The fourth-order valence-corrected chi connectivity index (χ4v) is 7.87. The third kappa shape index (κ3) is 6.00. The van der Waals surface area contributed by atoms with E-state index in [2.05, 4.69) is 239 Å². The molecule has 266 valence electrons. The second kappa shape index (κ2) is 14.3. The molecule has 10 rings (SSSR count). The van der Waals surface area contributed by atoms with E-state index < -0.39 is 0 Å². The molecular weight excluding hydrogens is 683 g/mol. The monoisotopic (exact) mass is 719 g/mol. The Morgan fingerprint density at radius 2 is 0.661 bits per heavy atom. The fraction of sp³-hybridized carbons (Fsp3) is 0. The van der Waals surface area contributed by atoms with Crippen LogP contribution in [0, 0.1) is 0 Å². The predicted molar refractivity (Wildman–Crippen MR) is 235 cm³/mol. The molecule has 0 saturated carbocycles. The average Bonchev–Trinajstić information content (AvgIpc) is 3.66. The van der Waals surface area contributed by atoms with E-state index in [1.165, 1.54) is 0 Å². The Bertz CT molecular complexity index is 2780. The maximum Gasteiger partial charge on any atom is 0.159 e. The van der Waals surface area contributed by atoms with Gasteiger partial charge in [-0.15, -0.1) is 0 Å². The molecule has 10 aromatic rings. The summed E-state index contributed by atoms with van der Waals surface area (Å²) in [7, 11) is 0. The lowest BCUT2D eigenvalue weighted by molar-refractivity contribution is 0.669. The van der Waals surface area contributed by atoms with Gasteiger partial charge in [-0.2, -0.15) is 0 Å². The van der Waals surface area contributed by atoms with Crippen LogP contribution >= 0.6 is 0 Å². The third-order valence-corrected chi connectivity index (χ3v) is 10.3. The molecule has 0 radical (unpaired) electrons. The minimum Gasteiger partial charge on any atom is -0.454 e. The lowest BCUT2D eigenvalue weighted by Crippen LogP contribution is -2.13. The van der Waals surface area contributed by atoms with Crippen molar-refractivity contribution in [1.82, 2.24) is 0 Å². The van der Waals surface area contributed by atoms with E-state index >= 15 is 0 Å². The molecule has 1 heterocycles. The first-order chi connectivity index (χ1) is 27.8. The van der Waals surface area contributed by atoms with E-state index in [1.54, 1.807) is 0 Å². The first-order valence-corrected chi connectivity index (χ1v) is 18.9. The Hall–Kier alpha value is -7.56. The van der Waals surface area contributed by atoms with Gasteiger partial charge in [-0.25, -0.2) is 0 Å². The van der Waals surface area contributed by atoms with Crippen molar-refractivity contribution < 1.29 is 4.42 Å². The number of benzene rings is 9. The topological polar surface area (TPSA) is 22.9 Å². The van der Waals surface area contributed by atoms with E-state index in [4.69, 9.17) is 4.42 Å². The molecule has 0 atom stereocenters. The molecule has 0 N–H and O–H groups in total. The Labute approximate surface area is 326 Å². The van der Waals surface area contributed by atoms with Gasteiger partial charge in [0.2, 0.25) is 0 Å². The zero-order valence-corrected chi connectivity index (χ0v) is 30.6. The van der Waals surface area contributed by atoms with Gasteiger partial charge < -0.3 is 19.1 Å². The van der Waals surface area contributed by atoms with E-state index in [9.17, 15) is 0 Å². The summed E-state index contributed by atoms with van der Waals surface area (Å²) in [5.74, 6) is 0. The van der Waals surface area contributed by atoms with Crippen molar-refractivity contribution >= 4 is 83.9 Å². The number of rotatable bonds is 9. The van der Waals surface area contributed by atoms with Crippen molar-refractivity contribution in [3.05, 3.63) is 224 Å². The molecular formula is C52H37N3O. The van der Waals surface area contributed by atoms with Gasteiger partial charge >= 0.3 is 0 Å². The molecule has 4 heteroatoms. The smallest absolute Gasteiger partial charge is 0.159 e. The number of furan rings is 1. The van der Waals surface area contributed by atoms with Crippen molar-refractivity contribution in [3.63, 3.8) is 0 Å². The first kappa shape index (κ1) is 33.0. The largest absolute Gasteiger partial charge is 0.454 e. The Balaban J connectivity index is 1.30. The molecule has 0 saturated heterocycles. The molecule has 56 heavy (non-hydrogen) atoms. The maximum atomic E-state index is 7.06. The van der Waals surface area contributed by atoms with Crippen LogP contribution in [-0.2, 0) is 0 Å². The van der Waals surface area contributed by atoms with E-state index in [-0.39, 0.29) is 0 Å². The van der Waals surface area contributed by atoms with Crippen LogP contribution in [-0.4, -0.2) is 0 Å². The standard InChI is InChI=1S/C52H37N3O/c1-7-19-39(20-8-1)53(40-21-9-2-10-22-40)45-33-31-38-32-34-50-51(47(38)35-45)48-36-46(54(41-23-11-3-12-24-41)42-25-13-4-14-26-42)37-49(52(48)56-50)55(43-27-15-5-16-28-43)44-29-17-6-18-30-44/h1-37H. The van der Waals surface area contributed by atoms with Crippen LogP contribution in [0.1, 0.15) is 0 Å². The second-order valence-corrected chi connectivity index (χ2v) is 13.8. The van der Waals surface area contributed by atoms with Crippen LogP contribution in [0.2, 0.25) is 0 Å². The van der Waals surface area contributed by atoms with Crippen LogP contribution in [0.5, 0.6) is 0 Å². The highest BCUT2D eigenvalue weighted by Crippen LogP contribution is 2.48. The summed E-state index contributed by atoms with van der Waals surface area (Å²) in [6, 6.07) is 79.0. The van der Waals surface area contributed by atoms with E-state index in [0.717, 1.165) is 83.9 Å². The van der Waals surface area contributed by atoms with Gasteiger partial charge in [0.05, 0.1) is 5.69 Å².